The molecule has 218 valence electrons. The molecule has 6 heteroatoms. The van der Waals surface area contributed by atoms with Crippen LogP contribution in [0.4, 0.5) is 0 Å². The first-order chi connectivity index (χ1) is 21.0. The van der Waals surface area contributed by atoms with Gasteiger partial charge >= 0.3 is 11.5 Å². The number of rotatable bonds is 2. The molecule has 1 atom stereocenters. The minimum atomic E-state index is -0.732. The fourth-order valence-corrected chi connectivity index (χ4v) is 8.41. The van der Waals surface area contributed by atoms with Gasteiger partial charge in [-0.2, -0.15) is 0 Å². The van der Waals surface area contributed by atoms with Crippen LogP contribution in [0.5, 0.6) is 23.1 Å². The molecular formula is C38H36N4O2+2. The van der Waals surface area contributed by atoms with Crippen molar-refractivity contribution in [3.8, 4) is 28.8 Å². The Balaban J connectivity index is 1.42. The predicted molar refractivity (Wildman–Crippen MR) is 168 cm³/mol. The first kappa shape index (κ1) is 25.6. The minimum absolute atomic E-state index is 0.0236. The van der Waals surface area contributed by atoms with Gasteiger partial charge in [-0.25, -0.2) is 0 Å². The Kier molecular flexibility index (Phi) is 4.66. The van der Waals surface area contributed by atoms with Gasteiger partial charge < -0.3 is 13.9 Å². The van der Waals surface area contributed by atoms with Crippen LogP contribution in [0, 0.1) is 13.8 Å². The average molecular weight is 581 g/mol. The van der Waals surface area contributed by atoms with Crippen LogP contribution < -0.4 is 18.7 Å². The van der Waals surface area contributed by atoms with Crippen molar-refractivity contribution < 1.29 is 18.7 Å². The van der Waals surface area contributed by atoms with Gasteiger partial charge in [-0.1, -0.05) is 43.5 Å². The Morgan fingerprint density at radius 1 is 0.750 bits per heavy atom. The van der Waals surface area contributed by atoms with Gasteiger partial charge in [0.1, 0.15) is 17.2 Å². The van der Waals surface area contributed by atoms with Crippen LogP contribution in [0.2, 0.25) is 0 Å². The van der Waals surface area contributed by atoms with E-state index in [1.54, 1.807) is 0 Å². The Morgan fingerprint density at radius 2 is 1.48 bits per heavy atom. The second kappa shape index (κ2) is 8.00. The molecule has 44 heavy (non-hydrogen) atoms. The maximum atomic E-state index is 6.75. The zero-order chi connectivity index (χ0) is 30.3. The molecule has 6 aromatic rings. The smallest absolute Gasteiger partial charge is 0.452 e. The van der Waals surface area contributed by atoms with Crippen LogP contribution in [0.15, 0.2) is 91.3 Å². The highest BCUT2D eigenvalue weighted by atomic mass is 16.5. The lowest BCUT2D eigenvalue weighted by Gasteiger charge is -2.32. The molecule has 7 heterocycles. The number of benzene rings is 2. The van der Waals surface area contributed by atoms with Crippen molar-refractivity contribution >= 4 is 5.52 Å². The lowest BCUT2D eigenvalue weighted by Crippen LogP contribution is -2.76. The van der Waals surface area contributed by atoms with Gasteiger partial charge in [0.15, 0.2) is 23.1 Å². The molecule has 0 N–H and O–H groups in total. The molecule has 0 amide bonds. The van der Waals surface area contributed by atoms with E-state index in [9.17, 15) is 0 Å². The number of hydrogen-bond donors (Lipinski definition) is 0. The standard InChI is InChI=1S/C38H36N4O2/c1-23-33(37(6,7)31-18-17-26-12-8-9-20-39(26)31)24(2)42-38-34-27(41(23)42)13-10-14-28(34)43-29-15-11-16-30(35(29)38)44-32-22-25(36(3,4)5)19-21-40(32)38/h8-22H,1-7H3/q+2. The monoisotopic (exact) mass is 580 g/mol. The fourth-order valence-electron chi connectivity index (χ4n) is 8.41. The van der Waals surface area contributed by atoms with Crippen molar-refractivity contribution in [3.05, 3.63) is 131 Å². The van der Waals surface area contributed by atoms with E-state index >= 15 is 0 Å². The van der Waals surface area contributed by atoms with Crippen molar-refractivity contribution in [1.29, 1.82) is 0 Å². The van der Waals surface area contributed by atoms with E-state index in [0.29, 0.717) is 0 Å². The summed E-state index contributed by atoms with van der Waals surface area (Å²) in [6.45, 7) is 16.0. The fraction of sp³-hybridized carbons (Fsp3) is 0.263. The van der Waals surface area contributed by atoms with Gasteiger partial charge in [0, 0.05) is 35.8 Å². The number of pyridine rings is 2. The second-order valence-corrected chi connectivity index (χ2v) is 14.0. The molecule has 6 nitrogen and oxygen atoms in total. The van der Waals surface area contributed by atoms with Gasteiger partial charge in [-0.05, 0) is 85.0 Å². The van der Waals surface area contributed by atoms with E-state index in [1.807, 2.05) is 6.07 Å². The number of ether oxygens (including phenoxy) is 2. The van der Waals surface area contributed by atoms with E-state index in [-0.39, 0.29) is 10.8 Å². The Bertz CT molecular complexity index is 2230. The van der Waals surface area contributed by atoms with E-state index < -0.39 is 5.66 Å². The molecule has 0 saturated carbocycles. The van der Waals surface area contributed by atoms with Crippen LogP contribution in [0.1, 0.15) is 74.0 Å². The Hall–Kier alpha value is -4.84. The first-order valence-corrected chi connectivity index (χ1v) is 15.5. The molecule has 2 aromatic carbocycles. The quantitative estimate of drug-likeness (QED) is 0.200. The molecule has 9 rings (SSSR count). The third-order valence-electron chi connectivity index (χ3n) is 10.2. The number of nitrogens with zero attached hydrogens (tertiary/aromatic N) is 4. The molecule has 0 fully saturated rings. The number of aromatic nitrogens is 4. The van der Waals surface area contributed by atoms with Crippen LogP contribution in [0.3, 0.4) is 0 Å². The maximum Gasteiger partial charge on any atom is 0.452 e. The normalized spacial score (nSPS) is 17.4. The third-order valence-corrected chi connectivity index (χ3v) is 10.2. The van der Waals surface area contributed by atoms with Gasteiger partial charge in [0.2, 0.25) is 5.69 Å². The zero-order valence-electron chi connectivity index (χ0n) is 26.3. The maximum absolute atomic E-state index is 6.75. The van der Waals surface area contributed by atoms with Gasteiger partial charge in [0.25, 0.3) is 0 Å². The Morgan fingerprint density at radius 3 is 2.25 bits per heavy atom. The molecule has 0 bridgehead atoms. The van der Waals surface area contributed by atoms with E-state index in [0.717, 1.165) is 39.9 Å². The molecule has 4 aromatic heterocycles. The highest BCUT2D eigenvalue weighted by Gasteiger charge is 2.73. The molecule has 3 aliphatic heterocycles. The summed E-state index contributed by atoms with van der Waals surface area (Å²) in [5.41, 5.74) is 9.70. The summed E-state index contributed by atoms with van der Waals surface area (Å²) < 4.78 is 23.0. The number of hydrogen-bond acceptors (Lipinski definition) is 2. The summed E-state index contributed by atoms with van der Waals surface area (Å²) in [5.74, 6) is 3.34. The second-order valence-electron chi connectivity index (χ2n) is 14.0. The minimum Gasteiger partial charge on any atom is -0.455 e. The lowest BCUT2D eigenvalue weighted by atomic mass is 9.79. The highest BCUT2D eigenvalue weighted by molar-refractivity contribution is 5.67. The molecule has 0 aliphatic carbocycles. The average Bonchev–Trinajstić information content (AvgIpc) is 3.64. The van der Waals surface area contributed by atoms with E-state index in [4.69, 9.17) is 9.47 Å². The molecule has 3 aliphatic rings. The van der Waals surface area contributed by atoms with Crippen molar-refractivity contribution in [3.63, 3.8) is 0 Å². The summed E-state index contributed by atoms with van der Waals surface area (Å²) in [6, 6.07) is 28.0. The van der Waals surface area contributed by atoms with Gasteiger partial charge in [0.05, 0.1) is 17.3 Å². The molecule has 1 unspecified atom stereocenters. The summed E-state index contributed by atoms with van der Waals surface area (Å²) in [4.78, 5) is 0. The lowest BCUT2D eigenvalue weighted by molar-refractivity contribution is -0.999. The zero-order valence-corrected chi connectivity index (χ0v) is 26.3. The van der Waals surface area contributed by atoms with Crippen molar-refractivity contribution in [1.82, 2.24) is 9.08 Å². The van der Waals surface area contributed by atoms with E-state index in [2.05, 4.69) is 152 Å². The topological polar surface area (TPSA) is 35.6 Å². The van der Waals surface area contributed by atoms with E-state index in [1.165, 1.54) is 33.7 Å². The van der Waals surface area contributed by atoms with Crippen LogP contribution in [-0.4, -0.2) is 9.08 Å². The third kappa shape index (κ3) is 2.87. The molecular weight excluding hydrogens is 544 g/mol. The van der Waals surface area contributed by atoms with Crippen LogP contribution in [0.25, 0.3) is 11.2 Å². The van der Waals surface area contributed by atoms with Gasteiger partial charge in [-0.15, -0.1) is 4.68 Å². The SMILES string of the molecule is Cc1c(C(C)(C)c2ccc3ccccn23)c(C)[n+]2n1-c1cccc3c1C21c2c(cccc2Oc2cc(C(C)(C)C)cc[n+]21)O3. The highest BCUT2D eigenvalue weighted by Crippen LogP contribution is 2.56. The largest absolute Gasteiger partial charge is 0.455 e. The summed E-state index contributed by atoms with van der Waals surface area (Å²) in [7, 11) is 0. The molecule has 1 spiro atoms. The van der Waals surface area contributed by atoms with Crippen molar-refractivity contribution in [2.75, 3.05) is 0 Å². The summed E-state index contributed by atoms with van der Waals surface area (Å²) in [6.07, 6.45) is 4.39. The Labute approximate surface area is 257 Å². The molecule has 0 saturated heterocycles. The van der Waals surface area contributed by atoms with Gasteiger partial charge in [-0.3, -0.25) is 0 Å². The summed E-state index contributed by atoms with van der Waals surface area (Å²) >= 11 is 0. The van der Waals surface area contributed by atoms with Crippen LogP contribution in [-0.2, 0) is 16.5 Å². The first-order valence-electron chi connectivity index (χ1n) is 15.5. The number of fused-ring (bicyclic) bond motifs is 4. The summed E-state index contributed by atoms with van der Waals surface area (Å²) in [5, 5.41) is 0. The van der Waals surface area contributed by atoms with Crippen molar-refractivity contribution in [2.45, 2.75) is 65.0 Å². The molecule has 0 radical (unpaired) electrons. The van der Waals surface area contributed by atoms with Crippen molar-refractivity contribution in [2.24, 2.45) is 0 Å². The van der Waals surface area contributed by atoms with Crippen LogP contribution >= 0.6 is 0 Å². The predicted octanol–water partition coefficient (Wildman–Crippen LogP) is 7.37.